The molecule has 0 saturated heterocycles. The number of methoxy groups -OCH3 is 1. The number of likely N-dealkylation sites (N-methyl/N-ethyl adjacent to an activating group) is 1. The highest BCUT2D eigenvalue weighted by Gasteiger charge is 2.26. The highest BCUT2D eigenvalue weighted by atomic mass is 35.5. The fourth-order valence-electron chi connectivity index (χ4n) is 2.19. The summed E-state index contributed by atoms with van der Waals surface area (Å²) in [6, 6.07) is 11.6. The average molecular weight is 383 g/mol. The van der Waals surface area contributed by atoms with E-state index in [0.29, 0.717) is 10.7 Å². The van der Waals surface area contributed by atoms with Crippen molar-refractivity contribution in [1.82, 2.24) is 4.31 Å². The molecule has 0 radical (unpaired) electrons. The van der Waals surface area contributed by atoms with Crippen LogP contribution in [0.2, 0.25) is 5.02 Å². The summed E-state index contributed by atoms with van der Waals surface area (Å²) < 4.78 is 31.6. The molecule has 1 amide bonds. The fraction of sp³-hybridized carbons (Fsp3) is 0.235. The van der Waals surface area contributed by atoms with Crippen LogP contribution in [0.25, 0.3) is 0 Å². The summed E-state index contributed by atoms with van der Waals surface area (Å²) in [5.74, 6) is -0.269. The van der Waals surface area contributed by atoms with Crippen molar-refractivity contribution in [1.29, 1.82) is 0 Å². The minimum atomic E-state index is -3.89. The number of aryl methyl sites for hydroxylation is 1. The molecule has 2 aromatic carbocycles. The Morgan fingerprint density at radius 3 is 2.56 bits per heavy atom. The minimum absolute atomic E-state index is 0.0167. The molecule has 0 saturated carbocycles. The Labute approximate surface area is 152 Å². The van der Waals surface area contributed by atoms with E-state index in [2.05, 4.69) is 5.32 Å². The lowest BCUT2D eigenvalue weighted by atomic mass is 10.2. The van der Waals surface area contributed by atoms with Gasteiger partial charge >= 0.3 is 0 Å². The molecule has 0 aliphatic carbocycles. The van der Waals surface area contributed by atoms with E-state index in [1.807, 2.05) is 0 Å². The first-order valence-electron chi connectivity index (χ1n) is 7.41. The van der Waals surface area contributed by atoms with E-state index in [9.17, 15) is 13.2 Å². The van der Waals surface area contributed by atoms with Crippen LogP contribution in [0.15, 0.2) is 47.4 Å². The van der Waals surface area contributed by atoms with Crippen LogP contribution in [0.3, 0.4) is 0 Å². The minimum Gasteiger partial charge on any atom is -0.495 e. The van der Waals surface area contributed by atoms with E-state index in [1.165, 1.54) is 20.2 Å². The molecule has 0 heterocycles. The second kappa shape index (κ2) is 7.86. The van der Waals surface area contributed by atoms with Gasteiger partial charge in [0, 0.05) is 7.05 Å². The highest BCUT2D eigenvalue weighted by molar-refractivity contribution is 7.89. The third-order valence-electron chi connectivity index (χ3n) is 3.52. The number of carbonyl (C=O) groups is 1. The number of nitrogens with zero attached hydrogens (tertiary/aromatic N) is 1. The van der Waals surface area contributed by atoms with Gasteiger partial charge in [-0.05, 0) is 36.8 Å². The number of amides is 1. The zero-order chi connectivity index (χ0) is 18.6. The van der Waals surface area contributed by atoms with Crippen molar-refractivity contribution in [2.24, 2.45) is 0 Å². The Hall–Kier alpha value is -2.09. The van der Waals surface area contributed by atoms with Gasteiger partial charge in [-0.3, -0.25) is 4.79 Å². The van der Waals surface area contributed by atoms with E-state index < -0.39 is 15.9 Å². The van der Waals surface area contributed by atoms with Crippen LogP contribution in [0.5, 0.6) is 5.75 Å². The van der Waals surface area contributed by atoms with Crippen LogP contribution in [0, 0.1) is 6.92 Å². The van der Waals surface area contributed by atoms with Crippen LogP contribution in [-0.4, -0.2) is 39.3 Å². The van der Waals surface area contributed by atoms with Crippen LogP contribution >= 0.6 is 11.6 Å². The summed E-state index contributed by atoms with van der Waals surface area (Å²) >= 11 is 5.98. The Morgan fingerprint density at radius 2 is 1.92 bits per heavy atom. The largest absolute Gasteiger partial charge is 0.495 e. The number of para-hydroxylation sites is 1. The molecule has 0 aliphatic heterocycles. The van der Waals surface area contributed by atoms with Crippen molar-refractivity contribution in [3.8, 4) is 5.75 Å². The van der Waals surface area contributed by atoms with Crippen molar-refractivity contribution < 1.29 is 17.9 Å². The summed E-state index contributed by atoms with van der Waals surface area (Å²) in [4.78, 5) is 12.2. The number of sulfonamides is 1. The van der Waals surface area contributed by atoms with Crippen molar-refractivity contribution >= 4 is 33.2 Å². The average Bonchev–Trinajstić information content (AvgIpc) is 2.56. The Balaban J connectivity index is 2.19. The maximum Gasteiger partial charge on any atom is 0.246 e. The van der Waals surface area contributed by atoms with Gasteiger partial charge in [0.1, 0.15) is 10.6 Å². The van der Waals surface area contributed by atoms with Gasteiger partial charge in [-0.25, -0.2) is 8.42 Å². The molecule has 0 fully saturated rings. The standard InChI is InChI=1S/C17H19ClN2O4S/c1-12-8-9-15(24-3)16(10-12)25(22,23)20(2)11-17(21)19-14-7-5-4-6-13(14)18/h4-10H,11H2,1-3H3,(H,19,21). The van der Waals surface area contributed by atoms with E-state index in [-0.39, 0.29) is 17.2 Å². The molecule has 1 N–H and O–H groups in total. The second-order valence-electron chi connectivity index (χ2n) is 5.44. The molecule has 0 aromatic heterocycles. The second-order valence-corrected chi connectivity index (χ2v) is 7.86. The lowest BCUT2D eigenvalue weighted by molar-refractivity contribution is -0.116. The maximum absolute atomic E-state index is 12.8. The van der Waals surface area contributed by atoms with Crippen LogP contribution < -0.4 is 10.1 Å². The van der Waals surface area contributed by atoms with Crippen molar-refractivity contribution in [3.63, 3.8) is 0 Å². The van der Waals surface area contributed by atoms with E-state index >= 15 is 0 Å². The summed E-state index contributed by atoms with van der Waals surface area (Å²) in [7, 11) is -1.15. The summed E-state index contributed by atoms with van der Waals surface area (Å²) in [6.07, 6.45) is 0. The quantitative estimate of drug-likeness (QED) is 0.833. The number of nitrogens with one attached hydrogen (secondary N) is 1. The number of anilines is 1. The Bertz CT molecular complexity index is 884. The molecule has 0 spiro atoms. The molecular weight excluding hydrogens is 364 g/mol. The lowest BCUT2D eigenvalue weighted by Crippen LogP contribution is -2.35. The summed E-state index contributed by atoms with van der Waals surface area (Å²) in [6.45, 7) is 1.42. The maximum atomic E-state index is 12.8. The smallest absolute Gasteiger partial charge is 0.246 e. The molecule has 6 nitrogen and oxygen atoms in total. The number of rotatable bonds is 6. The predicted octanol–water partition coefficient (Wildman–Crippen LogP) is 2.92. The molecule has 0 unspecified atom stereocenters. The van der Waals surface area contributed by atoms with Gasteiger partial charge in [0.2, 0.25) is 15.9 Å². The number of carbonyl (C=O) groups excluding carboxylic acids is 1. The lowest BCUT2D eigenvalue weighted by Gasteiger charge is -2.19. The highest BCUT2D eigenvalue weighted by Crippen LogP contribution is 2.27. The number of hydrogen-bond acceptors (Lipinski definition) is 4. The topological polar surface area (TPSA) is 75.7 Å². The third-order valence-corrected chi connectivity index (χ3v) is 5.68. The van der Waals surface area contributed by atoms with E-state index in [4.69, 9.17) is 16.3 Å². The van der Waals surface area contributed by atoms with Gasteiger partial charge in [0.05, 0.1) is 24.4 Å². The van der Waals surface area contributed by atoms with Crippen molar-refractivity contribution in [2.75, 3.05) is 26.0 Å². The molecule has 134 valence electrons. The molecule has 0 aliphatic rings. The fourth-order valence-corrected chi connectivity index (χ4v) is 3.74. The first-order valence-corrected chi connectivity index (χ1v) is 9.23. The van der Waals surface area contributed by atoms with Gasteiger partial charge in [0.25, 0.3) is 0 Å². The molecule has 0 atom stereocenters. The summed E-state index contributed by atoms with van der Waals surface area (Å²) in [5.41, 5.74) is 1.20. The number of hydrogen-bond donors (Lipinski definition) is 1. The third kappa shape index (κ3) is 4.50. The van der Waals surface area contributed by atoms with Crippen LogP contribution in [0.4, 0.5) is 5.69 Å². The van der Waals surface area contributed by atoms with E-state index in [0.717, 1.165) is 9.87 Å². The first-order chi connectivity index (χ1) is 11.8. The van der Waals surface area contributed by atoms with Crippen LogP contribution in [0.1, 0.15) is 5.56 Å². The zero-order valence-corrected chi connectivity index (χ0v) is 15.7. The monoisotopic (exact) mass is 382 g/mol. The SMILES string of the molecule is COc1ccc(C)cc1S(=O)(=O)N(C)CC(=O)Nc1ccccc1Cl. The normalized spacial score (nSPS) is 11.4. The molecular formula is C17H19ClN2O4S. The van der Waals surface area contributed by atoms with Gasteiger partial charge in [-0.15, -0.1) is 0 Å². The number of halogens is 1. The summed E-state index contributed by atoms with van der Waals surface area (Å²) in [5, 5.41) is 2.97. The van der Waals surface area contributed by atoms with Crippen molar-refractivity contribution in [2.45, 2.75) is 11.8 Å². The Morgan fingerprint density at radius 1 is 1.24 bits per heavy atom. The Kier molecular flexibility index (Phi) is 6.05. The van der Waals surface area contributed by atoms with Crippen LogP contribution in [-0.2, 0) is 14.8 Å². The molecule has 2 rings (SSSR count). The molecule has 8 heteroatoms. The molecule has 2 aromatic rings. The van der Waals surface area contributed by atoms with Gasteiger partial charge < -0.3 is 10.1 Å². The van der Waals surface area contributed by atoms with Gasteiger partial charge in [-0.2, -0.15) is 4.31 Å². The van der Waals surface area contributed by atoms with E-state index in [1.54, 1.807) is 43.3 Å². The zero-order valence-electron chi connectivity index (χ0n) is 14.1. The van der Waals surface area contributed by atoms with Gasteiger partial charge in [0.15, 0.2) is 0 Å². The first kappa shape index (κ1) is 19.2. The number of ether oxygens (including phenoxy) is 1. The predicted molar refractivity (Wildman–Crippen MR) is 97.6 cm³/mol. The van der Waals surface area contributed by atoms with Gasteiger partial charge in [-0.1, -0.05) is 29.8 Å². The molecule has 25 heavy (non-hydrogen) atoms. The van der Waals surface area contributed by atoms with Crippen molar-refractivity contribution in [3.05, 3.63) is 53.1 Å². The number of benzene rings is 2. The molecule has 0 bridgehead atoms.